The highest BCUT2D eigenvalue weighted by Crippen LogP contribution is 2.32. The van der Waals surface area contributed by atoms with Gasteiger partial charge in [0.05, 0.1) is 0 Å². The van der Waals surface area contributed by atoms with Crippen molar-refractivity contribution >= 4 is 12.2 Å². The highest BCUT2D eigenvalue weighted by atomic mass is 19.4. The van der Waals surface area contributed by atoms with E-state index in [1.807, 2.05) is 26.8 Å². The number of hydrogen-bond donors (Lipinski definition) is 1. The first kappa shape index (κ1) is 24.3. The molecule has 6 nitrogen and oxygen atoms in total. The predicted octanol–water partition coefficient (Wildman–Crippen LogP) is 3.55. The van der Waals surface area contributed by atoms with Gasteiger partial charge in [-0.2, -0.15) is 0 Å². The molecule has 0 spiro atoms. The summed E-state index contributed by atoms with van der Waals surface area (Å²) in [4.78, 5) is 13.9. The van der Waals surface area contributed by atoms with Crippen LogP contribution in [0.25, 0.3) is 0 Å². The zero-order valence-electron chi connectivity index (χ0n) is 17.9. The van der Waals surface area contributed by atoms with Crippen LogP contribution in [-0.2, 0) is 16.1 Å². The molecule has 3 rings (SSSR count). The van der Waals surface area contributed by atoms with Crippen molar-refractivity contribution in [2.75, 3.05) is 44.2 Å². The van der Waals surface area contributed by atoms with Crippen LogP contribution in [0.4, 0.5) is 18.9 Å². The molecule has 2 fully saturated rings. The molecule has 1 N–H and O–H groups in total. The average molecular weight is 431 g/mol. The van der Waals surface area contributed by atoms with Crippen molar-refractivity contribution in [3.63, 3.8) is 0 Å². The number of anilines is 1. The Morgan fingerprint density at radius 3 is 2.20 bits per heavy atom. The second-order valence-corrected chi connectivity index (χ2v) is 8.39. The van der Waals surface area contributed by atoms with Gasteiger partial charge in [-0.15, -0.1) is 13.2 Å². The number of nitrogens with zero attached hydrogens (tertiary/aromatic N) is 2. The first-order valence-corrected chi connectivity index (χ1v) is 10.3. The van der Waals surface area contributed by atoms with Gasteiger partial charge in [-0.25, -0.2) is 0 Å². The van der Waals surface area contributed by atoms with Gasteiger partial charge in [0.1, 0.15) is 11.4 Å². The van der Waals surface area contributed by atoms with Crippen molar-refractivity contribution < 1.29 is 27.4 Å². The van der Waals surface area contributed by atoms with E-state index in [1.54, 1.807) is 6.07 Å². The van der Waals surface area contributed by atoms with Gasteiger partial charge in [-0.05, 0) is 39.7 Å². The van der Waals surface area contributed by atoms with Gasteiger partial charge in [0.25, 0.3) is 6.47 Å². The molecule has 0 amide bonds. The summed E-state index contributed by atoms with van der Waals surface area (Å²) < 4.78 is 47.1. The number of halogens is 3. The molecule has 170 valence electrons. The number of nitrogens with one attached hydrogen (secondary N) is 1. The lowest BCUT2D eigenvalue weighted by Gasteiger charge is -2.28. The summed E-state index contributed by atoms with van der Waals surface area (Å²) in [6.07, 6.45) is -2.50. The van der Waals surface area contributed by atoms with Crippen molar-refractivity contribution in [3.05, 3.63) is 23.8 Å². The van der Waals surface area contributed by atoms with Gasteiger partial charge >= 0.3 is 6.36 Å². The maximum atomic E-state index is 12.7. The van der Waals surface area contributed by atoms with E-state index in [0.29, 0.717) is 18.6 Å². The maximum Gasteiger partial charge on any atom is 0.573 e. The first-order chi connectivity index (χ1) is 14.1. The second-order valence-electron chi connectivity index (χ2n) is 8.39. The quantitative estimate of drug-likeness (QED) is 0.720. The summed E-state index contributed by atoms with van der Waals surface area (Å²) in [6, 6.07) is 5.22. The third-order valence-electron chi connectivity index (χ3n) is 4.75. The Labute approximate surface area is 176 Å². The summed E-state index contributed by atoms with van der Waals surface area (Å²) in [5, 5.41) is 3.24. The van der Waals surface area contributed by atoms with Crippen LogP contribution in [0, 0.1) is 0 Å². The van der Waals surface area contributed by atoms with Crippen LogP contribution in [-0.4, -0.2) is 62.6 Å². The largest absolute Gasteiger partial charge is 0.573 e. The SMILES string of the molecule is CC(C)(C)OC=O.FC(F)(F)Oc1cc(N2CCCC2)ccc1CN1CCNCC1. The van der Waals surface area contributed by atoms with Gasteiger partial charge in [0, 0.05) is 63.1 Å². The molecule has 2 heterocycles. The molecule has 2 aliphatic rings. The molecule has 0 aliphatic carbocycles. The number of benzene rings is 1. The zero-order valence-corrected chi connectivity index (χ0v) is 17.9. The Morgan fingerprint density at radius 2 is 1.70 bits per heavy atom. The van der Waals surface area contributed by atoms with Gasteiger partial charge in [-0.3, -0.25) is 9.69 Å². The molecule has 0 radical (unpaired) electrons. The molecule has 9 heteroatoms. The topological polar surface area (TPSA) is 54.0 Å². The monoisotopic (exact) mass is 431 g/mol. The van der Waals surface area contributed by atoms with Crippen molar-refractivity contribution in [2.45, 2.75) is 52.1 Å². The summed E-state index contributed by atoms with van der Waals surface area (Å²) >= 11 is 0. The molecule has 0 aromatic heterocycles. The standard InChI is InChI=1S/C16H22F3N3O.C5H10O2/c17-16(18,19)23-15-11-14(22-7-1-2-8-22)4-3-13(15)12-21-9-5-20-6-10-21;1-5(2,3)7-4-6/h3-4,11,20H,1-2,5-10,12H2;4H,1-3H3. The van der Waals surface area contributed by atoms with E-state index in [2.05, 4.69) is 24.6 Å². The number of carbonyl (C=O) groups excluding carboxylic acids is 1. The highest BCUT2D eigenvalue weighted by Gasteiger charge is 2.32. The van der Waals surface area contributed by atoms with Crippen LogP contribution in [0.3, 0.4) is 0 Å². The number of rotatable bonds is 5. The van der Waals surface area contributed by atoms with E-state index in [9.17, 15) is 18.0 Å². The molecular weight excluding hydrogens is 399 g/mol. The van der Waals surface area contributed by atoms with Crippen LogP contribution < -0.4 is 15.0 Å². The van der Waals surface area contributed by atoms with Crippen LogP contribution >= 0.6 is 0 Å². The summed E-state index contributed by atoms with van der Waals surface area (Å²) in [7, 11) is 0. The Balaban J connectivity index is 0.000000396. The molecule has 1 aromatic carbocycles. The molecule has 2 aliphatic heterocycles. The normalized spacial score (nSPS) is 17.9. The number of alkyl halides is 3. The van der Waals surface area contributed by atoms with E-state index < -0.39 is 6.36 Å². The average Bonchev–Trinajstić information content (AvgIpc) is 3.17. The zero-order chi connectivity index (χ0) is 22.2. The number of carbonyl (C=O) groups is 1. The van der Waals surface area contributed by atoms with E-state index in [0.717, 1.165) is 57.8 Å². The van der Waals surface area contributed by atoms with E-state index in [1.165, 1.54) is 6.07 Å². The summed E-state index contributed by atoms with van der Waals surface area (Å²) in [5.74, 6) is -0.0690. The van der Waals surface area contributed by atoms with E-state index in [-0.39, 0.29) is 11.4 Å². The summed E-state index contributed by atoms with van der Waals surface area (Å²) in [6.45, 7) is 11.6. The van der Waals surface area contributed by atoms with Crippen LogP contribution in [0.1, 0.15) is 39.2 Å². The van der Waals surface area contributed by atoms with Crippen molar-refractivity contribution in [3.8, 4) is 5.75 Å². The van der Waals surface area contributed by atoms with Crippen molar-refractivity contribution in [2.24, 2.45) is 0 Å². The smallest absolute Gasteiger partial charge is 0.462 e. The molecule has 30 heavy (non-hydrogen) atoms. The fraction of sp³-hybridized carbons (Fsp3) is 0.667. The van der Waals surface area contributed by atoms with E-state index in [4.69, 9.17) is 0 Å². The Morgan fingerprint density at radius 1 is 1.07 bits per heavy atom. The minimum Gasteiger partial charge on any atom is -0.462 e. The van der Waals surface area contributed by atoms with Crippen LogP contribution in [0.5, 0.6) is 5.75 Å². The molecule has 0 unspecified atom stereocenters. The lowest BCUT2D eigenvalue weighted by molar-refractivity contribution is -0.275. The van der Waals surface area contributed by atoms with Gasteiger partial charge in [0.2, 0.25) is 0 Å². The number of ether oxygens (including phenoxy) is 2. The van der Waals surface area contributed by atoms with Gasteiger partial charge in [0.15, 0.2) is 0 Å². The molecule has 1 aromatic rings. The third-order valence-corrected chi connectivity index (χ3v) is 4.75. The Bertz CT molecular complexity index is 666. The highest BCUT2D eigenvalue weighted by molar-refractivity contribution is 5.54. The van der Waals surface area contributed by atoms with Gasteiger partial charge < -0.3 is 19.7 Å². The number of piperazine rings is 1. The van der Waals surface area contributed by atoms with Crippen LogP contribution in [0.2, 0.25) is 0 Å². The second kappa shape index (κ2) is 10.9. The van der Waals surface area contributed by atoms with Crippen LogP contribution in [0.15, 0.2) is 18.2 Å². The lowest BCUT2D eigenvalue weighted by atomic mass is 10.1. The lowest BCUT2D eigenvalue weighted by Crippen LogP contribution is -2.43. The maximum absolute atomic E-state index is 12.7. The van der Waals surface area contributed by atoms with Gasteiger partial charge in [-0.1, -0.05) is 6.07 Å². The number of hydrogen-bond acceptors (Lipinski definition) is 6. The molecule has 0 bridgehead atoms. The van der Waals surface area contributed by atoms with Crippen molar-refractivity contribution in [1.29, 1.82) is 0 Å². The van der Waals surface area contributed by atoms with Crippen molar-refractivity contribution in [1.82, 2.24) is 10.2 Å². The minimum absolute atomic E-state index is 0.0690. The Kier molecular flexibility index (Phi) is 8.78. The minimum atomic E-state index is -4.66. The molecule has 0 saturated carbocycles. The first-order valence-electron chi connectivity index (χ1n) is 10.3. The van der Waals surface area contributed by atoms with E-state index >= 15 is 0 Å². The summed E-state index contributed by atoms with van der Waals surface area (Å²) in [5.41, 5.74) is 1.08. The predicted molar refractivity (Wildman–Crippen MR) is 110 cm³/mol. The molecule has 2 saturated heterocycles. The molecule has 0 atom stereocenters. The molecular formula is C21H32F3N3O3. The Hall–Kier alpha value is -2.00. The third kappa shape index (κ3) is 8.79. The fourth-order valence-electron chi connectivity index (χ4n) is 3.32. The fourth-order valence-corrected chi connectivity index (χ4v) is 3.32.